The summed E-state index contributed by atoms with van der Waals surface area (Å²) >= 11 is 0. The predicted octanol–water partition coefficient (Wildman–Crippen LogP) is 17.0. The fourth-order valence-corrected chi connectivity index (χ4v) is 10.1. The van der Waals surface area contributed by atoms with Gasteiger partial charge in [0.2, 0.25) is 0 Å². The highest BCUT2D eigenvalue weighted by Gasteiger charge is 2.17. The molecule has 0 amide bonds. The molecule has 3 heteroatoms. The molecule has 13 rings (SSSR count). The largest absolute Gasteiger partial charge is 0.310 e. The van der Waals surface area contributed by atoms with E-state index in [0.717, 1.165) is 17.1 Å². The van der Waals surface area contributed by atoms with Gasteiger partial charge in [0.1, 0.15) is 0 Å². The first kappa shape index (κ1) is 36.9. The Hall–Kier alpha value is -8.66. The van der Waals surface area contributed by atoms with Crippen molar-refractivity contribution in [3.05, 3.63) is 237 Å². The van der Waals surface area contributed by atoms with E-state index in [4.69, 9.17) is 0 Å². The number of anilines is 3. The Morgan fingerprint density at radius 1 is 0.246 bits per heavy atom. The molecule has 0 unspecified atom stereocenters. The number of pyridine rings is 2. The molecular formula is C62H39N3. The number of hydrogen-bond acceptors (Lipinski definition) is 3. The van der Waals surface area contributed by atoms with Crippen LogP contribution in [-0.2, 0) is 0 Å². The molecule has 0 aliphatic heterocycles. The zero-order valence-electron chi connectivity index (χ0n) is 35.4. The predicted molar refractivity (Wildman–Crippen MR) is 276 cm³/mol. The zero-order chi connectivity index (χ0) is 42.8. The number of aromatic nitrogens is 2. The van der Waals surface area contributed by atoms with Crippen LogP contribution in [0.2, 0.25) is 0 Å². The minimum absolute atomic E-state index is 1.08. The van der Waals surface area contributed by atoms with Gasteiger partial charge in [-0.25, -0.2) is 0 Å². The van der Waals surface area contributed by atoms with E-state index in [-0.39, 0.29) is 0 Å². The molecule has 0 aliphatic carbocycles. The fraction of sp³-hybridized carbons (Fsp3) is 0. The van der Waals surface area contributed by atoms with Crippen LogP contribution < -0.4 is 4.90 Å². The Kier molecular flexibility index (Phi) is 8.53. The lowest BCUT2D eigenvalue weighted by atomic mass is 9.94. The summed E-state index contributed by atoms with van der Waals surface area (Å²) in [5, 5.41) is 17.0. The summed E-state index contributed by atoms with van der Waals surface area (Å²) in [7, 11) is 0. The van der Waals surface area contributed by atoms with Crippen LogP contribution in [-0.4, -0.2) is 9.97 Å². The van der Waals surface area contributed by atoms with Crippen molar-refractivity contribution in [3.63, 3.8) is 0 Å². The van der Waals surface area contributed by atoms with E-state index in [9.17, 15) is 0 Å². The van der Waals surface area contributed by atoms with Crippen molar-refractivity contribution in [2.75, 3.05) is 4.90 Å². The zero-order valence-corrected chi connectivity index (χ0v) is 35.4. The van der Waals surface area contributed by atoms with E-state index < -0.39 is 0 Å². The molecule has 3 nitrogen and oxygen atoms in total. The molecule has 0 spiro atoms. The molecule has 0 aliphatic rings. The Morgan fingerprint density at radius 3 is 1.48 bits per heavy atom. The molecule has 2 heterocycles. The van der Waals surface area contributed by atoms with Crippen LogP contribution in [0, 0.1) is 0 Å². The molecule has 0 saturated carbocycles. The maximum atomic E-state index is 4.45. The SMILES string of the molecule is c1ccc2cc(-c3ccc4c(ccc5cc(N(c6ccc(-c7cccc8c7ccc7ccncc78)cc6)c6ccc(-c7cc8ccncc8c8ccccc78)cc6)ccc54)c3)ccc2c1. The lowest BCUT2D eigenvalue weighted by Gasteiger charge is -2.26. The lowest BCUT2D eigenvalue weighted by Crippen LogP contribution is -2.10. The van der Waals surface area contributed by atoms with E-state index in [1.807, 2.05) is 24.8 Å². The van der Waals surface area contributed by atoms with Crippen molar-refractivity contribution in [1.82, 2.24) is 9.97 Å². The Labute approximate surface area is 376 Å². The van der Waals surface area contributed by atoms with Gasteiger partial charge in [0, 0.05) is 52.6 Å². The van der Waals surface area contributed by atoms with Crippen LogP contribution in [0.5, 0.6) is 0 Å². The van der Waals surface area contributed by atoms with E-state index in [1.165, 1.54) is 109 Å². The lowest BCUT2D eigenvalue weighted by molar-refractivity contribution is 1.29. The first-order valence-electron chi connectivity index (χ1n) is 22.2. The van der Waals surface area contributed by atoms with Gasteiger partial charge < -0.3 is 4.90 Å². The van der Waals surface area contributed by atoms with Crippen molar-refractivity contribution in [1.29, 1.82) is 0 Å². The molecule has 13 aromatic rings. The molecule has 65 heavy (non-hydrogen) atoms. The number of fused-ring (bicyclic) bond motifs is 10. The summed E-state index contributed by atoms with van der Waals surface area (Å²) in [6.45, 7) is 0. The minimum atomic E-state index is 1.08. The second-order valence-electron chi connectivity index (χ2n) is 17.0. The third-order valence-corrected chi connectivity index (χ3v) is 13.4. The van der Waals surface area contributed by atoms with Crippen molar-refractivity contribution >= 4 is 92.5 Å². The third-order valence-electron chi connectivity index (χ3n) is 13.4. The molecule has 302 valence electrons. The third kappa shape index (κ3) is 6.28. The van der Waals surface area contributed by atoms with Crippen LogP contribution >= 0.6 is 0 Å². The highest BCUT2D eigenvalue weighted by atomic mass is 15.1. The topological polar surface area (TPSA) is 29.0 Å². The first-order valence-corrected chi connectivity index (χ1v) is 22.2. The molecular weight excluding hydrogens is 787 g/mol. The van der Waals surface area contributed by atoms with Crippen molar-refractivity contribution in [3.8, 4) is 33.4 Å². The molecule has 11 aromatic carbocycles. The Morgan fingerprint density at radius 2 is 0.723 bits per heavy atom. The normalized spacial score (nSPS) is 11.7. The summed E-state index contributed by atoms with van der Waals surface area (Å²) in [6.07, 6.45) is 7.69. The maximum absolute atomic E-state index is 4.45. The second-order valence-corrected chi connectivity index (χ2v) is 17.0. The number of benzene rings is 11. The van der Waals surface area contributed by atoms with Gasteiger partial charge in [-0.2, -0.15) is 0 Å². The fourth-order valence-electron chi connectivity index (χ4n) is 10.1. The highest BCUT2D eigenvalue weighted by Crippen LogP contribution is 2.42. The number of nitrogens with zero attached hydrogens (tertiary/aromatic N) is 3. The maximum Gasteiger partial charge on any atom is 0.0468 e. The van der Waals surface area contributed by atoms with Gasteiger partial charge in [-0.3, -0.25) is 9.97 Å². The van der Waals surface area contributed by atoms with Crippen LogP contribution in [0.1, 0.15) is 0 Å². The van der Waals surface area contributed by atoms with Crippen LogP contribution in [0.3, 0.4) is 0 Å². The summed E-state index contributed by atoms with van der Waals surface area (Å²) in [5.74, 6) is 0. The van der Waals surface area contributed by atoms with E-state index in [2.05, 4.69) is 227 Å². The smallest absolute Gasteiger partial charge is 0.0468 e. The molecule has 0 radical (unpaired) electrons. The van der Waals surface area contributed by atoms with Crippen molar-refractivity contribution < 1.29 is 0 Å². The average Bonchev–Trinajstić information content (AvgIpc) is 3.38. The van der Waals surface area contributed by atoms with Gasteiger partial charge in [0.25, 0.3) is 0 Å². The van der Waals surface area contributed by atoms with Crippen LogP contribution in [0.4, 0.5) is 17.1 Å². The standard InChI is InChI=1S/C62H39N3/c1-2-7-44-34-45(13-12-40(44)6-1)46-21-27-54-47(35-46)14-15-48-36-52(26-29-55(48)54)65(50-22-16-41(17-23-50)53-10-5-11-58-59(53)28-20-43-30-32-63-38-61(43)58)51-24-18-42(19-25-51)60-37-49-31-33-64-39-62(49)57-9-4-3-8-56(57)60/h1-39H. The molecule has 2 aromatic heterocycles. The van der Waals surface area contributed by atoms with Crippen LogP contribution in [0.25, 0.3) is 109 Å². The van der Waals surface area contributed by atoms with Crippen molar-refractivity contribution in [2.24, 2.45) is 0 Å². The summed E-state index contributed by atoms with van der Waals surface area (Å²) in [5.41, 5.74) is 10.5. The average molecular weight is 826 g/mol. The van der Waals surface area contributed by atoms with Gasteiger partial charge in [0.05, 0.1) is 0 Å². The first-order chi connectivity index (χ1) is 32.2. The molecule has 0 bridgehead atoms. The summed E-state index contributed by atoms with van der Waals surface area (Å²) in [4.78, 5) is 11.3. The number of rotatable bonds is 6. The highest BCUT2D eigenvalue weighted by molar-refractivity contribution is 6.14. The number of hydrogen-bond donors (Lipinski definition) is 0. The quantitative estimate of drug-likeness (QED) is 0.156. The Bertz CT molecular complexity index is 4000. The Balaban J connectivity index is 0.918. The van der Waals surface area contributed by atoms with Gasteiger partial charge in [0.15, 0.2) is 0 Å². The summed E-state index contributed by atoms with van der Waals surface area (Å²) in [6, 6.07) is 77.9. The van der Waals surface area contributed by atoms with Crippen molar-refractivity contribution in [2.45, 2.75) is 0 Å². The van der Waals surface area contributed by atoms with Crippen LogP contribution in [0.15, 0.2) is 237 Å². The molecule has 0 N–H and O–H groups in total. The molecule has 0 saturated heterocycles. The monoisotopic (exact) mass is 825 g/mol. The molecule has 0 fully saturated rings. The van der Waals surface area contributed by atoms with Gasteiger partial charge in [-0.05, 0) is 165 Å². The van der Waals surface area contributed by atoms with Gasteiger partial charge >= 0.3 is 0 Å². The van der Waals surface area contributed by atoms with Gasteiger partial charge in [-0.15, -0.1) is 0 Å². The van der Waals surface area contributed by atoms with E-state index in [0.29, 0.717) is 0 Å². The van der Waals surface area contributed by atoms with Gasteiger partial charge in [-0.1, -0.05) is 146 Å². The van der Waals surface area contributed by atoms with E-state index >= 15 is 0 Å². The summed E-state index contributed by atoms with van der Waals surface area (Å²) < 4.78 is 0. The minimum Gasteiger partial charge on any atom is -0.310 e. The molecule has 0 atom stereocenters. The second kappa shape index (κ2) is 15.0. The van der Waals surface area contributed by atoms with E-state index in [1.54, 1.807) is 0 Å².